The lowest BCUT2D eigenvalue weighted by Crippen LogP contribution is -2.22. The van der Waals surface area contributed by atoms with E-state index in [4.69, 9.17) is 9.52 Å². The zero-order valence-electron chi connectivity index (χ0n) is 12.2. The smallest absolute Gasteiger partial charge is 0.280 e. The lowest BCUT2D eigenvalue weighted by molar-refractivity contribution is 0.274. The molecule has 0 aliphatic carbocycles. The number of benzene rings is 1. The summed E-state index contributed by atoms with van der Waals surface area (Å²) in [6.07, 6.45) is 1.38. The number of nitriles is 1. The third-order valence-corrected chi connectivity index (χ3v) is 4.44. The molecule has 0 saturated heterocycles. The summed E-state index contributed by atoms with van der Waals surface area (Å²) in [7, 11) is 0. The Hall–Kier alpha value is -2.43. The average Bonchev–Trinajstić information content (AvgIpc) is 2.98. The summed E-state index contributed by atoms with van der Waals surface area (Å²) in [6.45, 7) is 1.80. The number of nitrogens with zero attached hydrogens (tertiary/aromatic N) is 3. The van der Waals surface area contributed by atoms with Gasteiger partial charge < -0.3 is 14.1 Å². The van der Waals surface area contributed by atoms with Crippen molar-refractivity contribution in [3.05, 3.63) is 50.3 Å². The first kappa shape index (κ1) is 15.5. The van der Waals surface area contributed by atoms with Gasteiger partial charge in [-0.15, -0.1) is 0 Å². The zero-order valence-corrected chi connectivity index (χ0v) is 13.8. The summed E-state index contributed by atoms with van der Waals surface area (Å²) in [6, 6.07) is 7.58. The van der Waals surface area contributed by atoms with Gasteiger partial charge in [0, 0.05) is 22.8 Å². The van der Waals surface area contributed by atoms with Crippen molar-refractivity contribution in [2.45, 2.75) is 13.5 Å². The average molecular weight is 374 g/mol. The van der Waals surface area contributed by atoms with Gasteiger partial charge in [0.2, 0.25) is 5.89 Å². The van der Waals surface area contributed by atoms with Crippen LogP contribution in [-0.4, -0.2) is 21.3 Å². The molecule has 3 rings (SSSR count). The predicted molar refractivity (Wildman–Crippen MR) is 87.9 cm³/mol. The molecule has 0 radical (unpaired) electrons. The van der Waals surface area contributed by atoms with Crippen molar-refractivity contribution in [1.82, 2.24) is 9.55 Å². The lowest BCUT2D eigenvalue weighted by Gasteiger charge is -2.02. The molecule has 23 heavy (non-hydrogen) atoms. The Bertz CT molecular complexity index is 998. The van der Waals surface area contributed by atoms with Crippen LogP contribution in [0.5, 0.6) is 0 Å². The summed E-state index contributed by atoms with van der Waals surface area (Å²) in [5.74, 6) is 0.286. The van der Waals surface area contributed by atoms with Crippen LogP contribution < -0.4 is 5.56 Å². The lowest BCUT2D eigenvalue weighted by atomic mass is 10.1. The van der Waals surface area contributed by atoms with E-state index in [-0.39, 0.29) is 35.7 Å². The van der Waals surface area contributed by atoms with Gasteiger partial charge in [-0.05, 0) is 24.6 Å². The highest BCUT2D eigenvalue weighted by molar-refractivity contribution is 9.10. The van der Waals surface area contributed by atoms with E-state index in [2.05, 4.69) is 20.9 Å². The summed E-state index contributed by atoms with van der Waals surface area (Å²) >= 11 is 3.45. The van der Waals surface area contributed by atoms with Gasteiger partial charge in [-0.2, -0.15) is 5.26 Å². The number of pyridine rings is 1. The maximum Gasteiger partial charge on any atom is 0.280 e. The second kappa shape index (κ2) is 5.99. The molecule has 0 bridgehead atoms. The summed E-state index contributed by atoms with van der Waals surface area (Å²) in [4.78, 5) is 16.7. The van der Waals surface area contributed by atoms with Crippen LogP contribution in [-0.2, 0) is 6.54 Å². The number of aromatic nitrogens is 2. The van der Waals surface area contributed by atoms with E-state index < -0.39 is 5.56 Å². The van der Waals surface area contributed by atoms with Crippen molar-refractivity contribution in [3.8, 4) is 17.5 Å². The molecule has 2 heterocycles. The minimum atomic E-state index is -0.393. The normalized spacial score (nSPS) is 10.9. The summed E-state index contributed by atoms with van der Waals surface area (Å²) < 4.78 is 7.86. The Morgan fingerprint density at radius 1 is 1.48 bits per heavy atom. The molecule has 0 spiro atoms. The van der Waals surface area contributed by atoms with E-state index in [9.17, 15) is 10.1 Å². The number of aliphatic hydroxyl groups is 1. The van der Waals surface area contributed by atoms with E-state index in [1.165, 1.54) is 10.8 Å². The summed E-state index contributed by atoms with van der Waals surface area (Å²) in [5, 5.41) is 18.3. The molecule has 0 saturated carbocycles. The number of halogens is 1. The molecular weight excluding hydrogens is 362 g/mol. The quantitative estimate of drug-likeness (QED) is 0.761. The third-order valence-electron chi connectivity index (χ3n) is 3.58. The molecule has 1 aromatic carbocycles. The fraction of sp³-hybridized carbons (Fsp3) is 0.188. The van der Waals surface area contributed by atoms with Gasteiger partial charge in [0.1, 0.15) is 11.6 Å². The zero-order chi connectivity index (χ0) is 16.6. The number of rotatable bonds is 3. The van der Waals surface area contributed by atoms with Crippen molar-refractivity contribution >= 4 is 27.0 Å². The van der Waals surface area contributed by atoms with Crippen molar-refractivity contribution in [1.29, 1.82) is 5.26 Å². The molecule has 0 fully saturated rings. The van der Waals surface area contributed by atoms with Gasteiger partial charge in [0.15, 0.2) is 11.1 Å². The van der Waals surface area contributed by atoms with Gasteiger partial charge in [-0.25, -0.2) is 4.98 Å². The largest absolute Gasteiger partial charge is 0.434 e. The third kappa shape index (κ3) is 2.56. The molecule has 0 unspecified atom stereocenters. The van der Waals surface area contributed by atoms with Crippen LogP contribution in [0.2, 0.25) is 0 Å². The second-order valence-electron chi connectivity index (χ2n) is 4.99. The molecule has 116 valence electrons. The van der Waals surface area contributed by atoms with Gasteiger partial charge in [-0.1, -0.05) is 22.0 Å². The van der Waals surface area contributed by atoms with Crippen LogP contribution in [0.4, 0.5) is 0 Å². The molecule has 0 atom stereocenters. The molecule has 1 N–H and O–H groups in total. The molecule has 3 aromatic rings. The molecule has 0 aliphatic rings. The number of hydrogen-bond donors (Lipinski definition) is 1. The molecule has 0 aliphatic heterocycles. The first-order valence-corrected chi connectivity index (χ1v) is 7.66. The van der Waals surface area contributed by atoms with Crippen molar-refractivity contribution in [3.63, 3.8) is 0 Å². The minimum absolute atomic E-state index is 0.0897. The Morgan fingerprint density at radius 3 is 2.96 bits per heavy atom. The number of hydrogen-bond acceptors (Lipinski definition) is 5. The van der Waals surface area contributed by atoms with Gasteiger partial charge in [0.05, 0.1) is 6.61 Å². The van der Waals surface area contributed by atoms with Gasteiger partial charge in [-0.3, -0.25) is 4.79 Å². The topological polar surface area (TPSA) is 92.0 Å². The number of oxazole rings is 1. The first-order chi connectivity index (χ1) is 11.1. The Balaban J connectivity index is 2.31. The Kier molecular flexibility index (Phi) is 4.03. The first-order valence-electron chi connectivity index (χ1n) is 6.87. The van der Waals surface area contributed by atoms with E-state index in [0.717, 1.165) is 15.6 Å². The Labute approximate surface area is 139 Å². The SMILES string of the molecule is Cc1c(Br)cccc1-c1nc2c(=O)n(CCO)cc(C#N)c2o1. The molecule has 0 amide bonds. The highest BCUT2D eigenvalue weighted by atomic mass is 79.9. The fourth-order valence-electron chi connectivity index (χ4n) is 2.36. The highest BCUT2D eigenvalue weighted by Crippen LogP contribution is 2.30. The molecule has 2 aromatic heterocycles. The van der Waals surface area contributed by atoms with Crippen LogP contribution in [0, 0.1) is 18.3 Å². The van der Waals surface area contributed by atoms with Gasteiger partial charge in [0.25, 0.3) is 5.56 Å². The second-order valence-corrected chi connectivity index (χ2v) is 5.84. The van der Waals surface area contributed by atoms with E-state index in [1.807, 2.05) is 31.2 Å². The molecular formula is C16H12BrN3O3. The fourth-order valence-corrected chi connectivity index (χ4v) is 2.73. The van der Waals surface area contributed by atoms with E-state index >= 15 is 0 Å². The van der Waals surface area contributed by atoms with Gasteiger partial charge >= 0.3 is 0 Å². The van der Waals surface area contributed by atoms with Crippen LogP contribution in [0.15, 0.2) is 38.1 Å². The van der Waals surface area contributed by atoms with Crippen LogP contribution in [0.1, 0.15) is 11.1 Å². The number of aliphatic hydroxyl groups excluding tert-OH is 1. The Morgan fingerprint density at radius 2 is 2.26 bits per heavy atom. The van der Waals surface area contributed by atoms with Crippen LogP contribution >= 0.6 is 15.9 Å². The molecule has 7 heteroatoms. The van der Waals surface area contributed by atoms with Crippen LogP contribution in [0.3, 0.4) is 0 Å². The minimum Gasteiger partial charge on any atom is -0.434 e. The maximum absolute atomic E-state index is 12.4. The maximum atomic E-state index is 12.4. The van der Waals surface area contributed by atoms with Crippen LogP contribution in [0.25, 0.3) is 22.6 Å². The standard InChI is InChI=1S/C16H12BrN3O3/c1-9-11(3-2-4-12(9)17)15-19-13-14(23-15)10(7-18)8-20(5-6-21)16(13)22/h2-4,8,21H,5-6H2,1H3. The number of fused-ring (bicyclic) bond motifs is 1. The monoisotopic (exact) mass is 373 g/mol. The highest BCUT2D eigenvalue weighted by Gasteiger charge is 2.18. The molecule has 6 nitrogen and oxygen atoms in total. The van der Waals surface area contributed by atoms with Crippen molar-refractivity contribution < 1.29 is 9.52 Å². The van der Waals surface area contributed by atoms with Crippen molar-refractivity contribution in [2.24, 2.45) is 0 Å². The van der Waals surface area contributed by atoms with E-state index in [0.29, 0.717) is 0 Å². The van der Waals surface area contributed by atoms with Crippen molar-refractivity contribution in [2.75, 3.05) is 6.61 Å². The van der Waals surface area contributed by atoms with E-state index in [1.54, 1.807) is 0 Å². The summed E-state index contributed by atoms with van der Waals surface area (Å²) in [5.41, 5.74) is 1.74. The predicted octanol–water partition coefficient (Wildman–Crippen LogP) is 2.59.